The first-order valence-corrected chi connectivity index (χ1v) is 17.0. The largest absolute Gasteiger partial charge is 0.497 e. The van der Waals surface area contributed by atoms with Gasteiger partial charge in [0.1, 0.15) is 34.9 Å². The van der Waals surface area contributed by atoms with Crippen molar-refractivity contribution in [2.24, 2.45) is 5.92 Å². The lowest BCUT2D eigenvalue weighted by molar-refractivity contribution is -0.156. The number of carbonyl (C=O) groups is 2. The number of fused-ring (bicyclic) bond motifs is 1. The van der Waals surface area contributed by atoms with E-state index in [-0.39, 0.29) is 11.5 Å². The van der Waals surface area contributed by atoms with Gasteiger partial charge in [0.15, 0.2) is 5.79 Å². The van der Waals surface area contributed by atoms with Gasteiger partial charge in [-0.2, -0.15) is 0 Å². The fourth-order valence-electron chi connectivity index (χ4n) is 5.51. The number of nitrogens with zero attached hydrogens (tertiary/aromatic N) is 1. The molecule has 274 valence electrons. The Hall–Kier alpha value is -3.90. The average molecular weight is 696 g/mol. The summed E-state index contributed by atoms with van der Waals surface area (Å²) in [5.74, 6) is -1.69. The first-order valence-electron chi connectivity index (χ1n) is 17.0. The fourth-order valence-corrected chi connectivity index (χ4v) is 5.51. The summed E-state index contributed by atoms with van der Waals surface area (Å²) in [5, 5.41) is 10.1. The van der Waals surface area contributed by atoms with E-state index < -0.39 is 53.7 Å². The second kappa shape index (κ2) is 15.6. The van der Waals surface area contributed by atoms with Crippen LogP contribution in [0.2, 0.25) is 0 Å². The van der Waals surface area contributed by atoms with Crippen molar-refractivity contribution < 1.29 is 47.9 Å². The van der Waals surface area contributed by atoms with E-state index in [4.69, 9.17) is 33.2 Å². The monoisotopic (exact) mass is 695 g/mol. The molecule has 2 heterocycles. The SMILES string of the molecule is COc1ccc(CO[C@H](C=C[C@@H](C)[C@H](C)O)[C@@H]2OC(C)(C)O[C@H]2CC=Cc2cc(N(C)C(=O)OC(C)(C)C)cc3c2C(=O)OC(C)(C)O3)cc1. The van der Waals surface area contributed by atoms with Crippen LogP contribution in [0, 0.1) is 5.92 Å². The highest BCUT2D eigenvalue weighted by Crippen LogP contribution is 2.39. The summed E-state index contributed by atoms with van der Waals surface area (Å²) < 4.78 is 41.7. The van der Waals surface area contributed by atoms with Crippen LogP contribution in [0.25, 0.3) is 6.08 Å². The van der Waals surface area contributed by atoms with Gasteiger partial charge in [0.25, 0.3) is 0 Å². The van der Waals surface area contributed by atoms with Gasteiger partial charge >= 0.3 is 12.1 Å². The molecule has 1 amide bonds. The number of benzene rings is 2. The number of hydrogen-bond acceptors (Lipinski definition) is 10. The molecule has 0 aliphatic carbocycles. The average Bonchev–Trinajstić information content (AvgIpc) is 3.32. The second-order valence-corrected chi connectivity index (χ2v) is 14.7. The zero-order chi connectivity index (χ0) is 37.0. The third-order valence-electron chi connectivity index (χ3n) is 8.25. The summed E-state index contributed by atoms with van der Waals surface area (Å²) in [4.78, 5) is 27.6. The van der Waals surface area contributed by atoms with Crippen LogP contribution >= 0.6 is 0 Å². The molecule has 0 spiro atoms. The molecule has 50 heavy (non-hydrogen) atoms. The van der Waals surface area contributed by atoms with Crippen LogP contribution in [-0.2, 0) is 30.3 Å². The Kier molecular flexibility index (Phi) is 12.1. The molecule has 2 aromatic carbocycles. The molecule has 4 rings (SSSR count). The molecule has 2 aliphatic rings. The van der Waals surface area contributed by atoms with E-state index in [9.17, 15) is 14.7 Å². The van der Waals surface area contributed by atoms with Gasteiger partial charge < -0.3 is 38.3 Å². The van der Waals surface area contributed by atoms with Crippen molar-refractivity contribution in [3.63, 3.8) is 0 Å². The Bertz CT molecular complexity index is 1550. The van der Waals surface area contributed by atoms with Crippen molar-refractivity contribution >= 4 is 23.8 Å². The Morgan fingerprint density at radius 2 is 1.70 bits per heavy atom. The molecule has 0 radical (unpaired) electrons. The van der Waals surface area contributed by atoms with E-state index in [1.54, 1.807) is 73.9 Å². The number of ether oxygens (including phenoxy) is 7. The molecule has 0 aromatic heterocycles. The van der Waals surface area contributed by atoms with Crippen LogP contribution in [-0.4, -0.2) is 72.9 Å². The molecule has 5 atom stereocenters. The Balaban J connectivity index is 1.63. The van der Waals surface area contributed by atoms with Crippen molar-refractivity contribution in [2.75, 3.05) is 19.1 Å². The predicted octanol–water partition coefficient (Wildman–Crippen LogP) is 7.43. The van der Waals surface area contributed by atoms with Gasteiger partial charge in [-0.3, -0.25) is 4.90 Å². The van der Waals surface area contributed by atoms with E-state index in [0.717, 1.165) is 11.3 Å². The number of aliphatic hydroxyl groups is 1. The molecule has 2 aliphatic heterocycles. The molecular weight excluding hydrogens is 642 g/mol. The summed E-state index contributed by atoms with van der Waals surface area (Å²) in [6.07, 6.45) is 5.40. The van der Waals surface area contributed by atoms with E-state index in [1.807, 2.05) is 63.3 Å². The third-order valence-corrected chi connectivity index (χ3v) is 8.25. The van der Waals surface area contributed by atoms with Crippen LogP contribution in [0.3, 0.4) is 0 Å². The number of aliphatic hydroxyl groups excluding tert-OH is 1. The van der Waals surface area contributed by atoms with Gasteiger partial charge in [-0.1, -0.05) is 43.4 Å². The number of methoxy groups -OCH3 is 1. The van der Waals surface area contributed by atoms with E-state index in [2.05, 4.69) is 0 Å². The molecule has 0 bridgehead atoms. The van der Waals surface area contributed by atoms with Gasteiger partial charge in [0.05, 0.1) is 31.6 Å². The number of carbonyl (C=O) groups excluding carboxylic acids is 2. The molecule has 0 unspecified atom stereocenters. The zero-order valence-electron chi connectivity index (χ0n) is 31.1. The number of amides is 1. The summed E-state index contributed by atoms with van der Waals surface area (Å²) in [5.41, 5.74) is 1.49. The van der Waals surface area contributed by atoms with E-state index >= 15 is 0 Å². The van der Waals surface area contributed by atoms with Crippen molar-refractivity contribution in [1.29, 1.82) is 0 Å². The van der Waals surface area contributed by atoms with Gasteiger partial charge in [-0.05, 0) is 83.2 Å². The first-order chi connectivity index (χ1) is 23.3. The smallest absolute Gasteiger partial charge is 0.414 e. The Morgan fingerprint density at radius 3 is 2.32 bits per heavy atom. The highest BCUT2D eigenvalue weighted by atomic mass is 16.8. The minimum absolute atomic E-state index is 0.111. The molecule has 0 saturated carbocycles. The highest BCUT2D eigenvalue weighted by Gasteiger charge is 2.44. The number of anilines is 1. The van der Waals surface area contributed by atoms with Crippen molar-refractivity contribution in [3.05, 3.63) is 71.3 Å². The highest BCUT2D eigenvalue weighted by molar-refractivity contribution is 5.99. The van der Waals surface area contributed by atoms with Crippen LogP contribution in [0.15, 0.2) is 54.6 Å². The topological polar surface area (TPSA) is 122 Å². The quantitative estimate of drug-likeness (QED) is 0.177. The summed E-state index contributed by atoms with van der Waals surface area (Å²) in [7, 11) is 3.22. The third kappa shape index (κ3) is 10.3. The summed E-state index contributed by atoms with van der Waals surface area (Å²) in [6, 6.07) is 11.0. The molecule has 1 fully saturated rings. The number of hydrogen-bond donors (Lipinski definition) is 1. The maximum atomic E-state index is 13.2. The zero-order valence-corrected chi connectivity index (χ0v) is 31.1. The summed E-state index contributed by atoms with van der Waals surface area (Å²) >= 11 is 0. The molecule has 1 N–H and O–H groups in total. The van der Waals surface area contributed by atoms with Crippen LogP contribution < -0.4 is 14.4 Å². The first kappa shape index (κ1) is 38.9. The molecular formula is C39H53NO10. The molecule has 11 nitrogen and oxygen atoms in total. The molecule has 11 heteroatoms. The van der Waals surface area contributed by atoms with Gasteiger partial charge in [-0.25, -0.2) is 9.59 Å². The minimum Gasteiger partial charge on any atom is -0.497 e. The Morgan fingerprint density at radius 1 is 1.02 bits per heavy atom. The number of esters is 1. The fraction of sp³-hybridized carbons (Fsp3) is 0.538. The minimum atomic E-state index is -1.19. The van der Waals surface area contributed by atoms with E-state index in [0.29, 0.717) is 30.0 Å². The second-order valence-electron chi connectivity index (χ2n) is 14.7. The maximum absolute atomic E-state index is 13.2. The normalized spacial score (nSPS) is 21.6. The maximum Gasteiger partial charge on any atom is 0.414 e. The molecule has 2 aromatic rings. The van der Waals surface area contributed by atoms with Crippen molar-refractivity contribution in [1.82, 2.24) is 0 Å². The van der Waals surface area contributed by atoms with E-state index in [1.165, 1.54) is 4.90 Å². The lowest BCUT2D eigenvalue weighted by atomic mass is 9.99. The van der Waals surface area contributed by atoms with Crippen LogP contribution in [0.1, 0.15) is 90.2 Å². The van der Waals surface area contributed by atoms with Crippen molar-refractivity contribution in [3.8, 4) is 11.5 Å². The predicted molar refractivity (Wildman–Crippen MR) is 190 cm³/mol. The molecule has 1 saturated heterocycles. The van der Waals surface area contributed by atoms with Crippen LogP contribution in [0.5, 0.6) is 11.5 Å². The number of rotatable bonds is 12. The number of cyclic esters (lactones) is 1. The summed E-state index contributed by atoms with van der Waals surface area (Å²) in [6.45, 7) is 16.4. The lowest BCUT2D eigenvalue weighted by Gasteiger charge is -2.33. The Labute approximate surface area is 296 Å². The van der Waals surface area contributed by atoms with Crippen molar-refractivity contribution in [2.45, 2.75) is 117 Å². The van der Waals surface area contributed by atoms with Crippen LogP contribution in [0.4, 0.5) is 10.5 Å². The van der Waals surface area contributed by atoms with Gasteiger partial charge in [0.2, 0.25) is 5.79 Å². The standard InChI is InChI=1S/C39H53NO10/c1-24(25(2)41)15-20-30(45-23-26-16-18-29(44-11)19-17-26)34-31(46-38(6,7)48-34)14-12-13-27-21-28(40(10)36(43)50-37(3,4)5)22-32-33(27)35(42)49-39(8,9)47-32/h12-13,15-22,24-25,30-31,34,41H,14,23H2,1-11H3/t24-,25+,30-,31+,34+/m1/s1. The van der Waals surface area contributed by atoms with Gasteiger partial charge in [0, 0.05) is 27.0 Å². The lowest BCUT2D eigenvalue weighted by Crippen LogP contribution is -2.39. The van der Waals surface area contributed by atoms with Gasteiger partial charge in [-0.15, -0.1) is 0 Å².